The molecule has 1 aliphatic carbocycles. The van der Waals surface area contributed by atoms with E-state index >= 15 is 0 Å². The number of methoxy groups -OCH3 is 2. The number of ether oxygens (including phenoxy) is 3. The molecule has 1 aliphatic heterocycles. The van der Waals surface area contributed by atoms with E-state index in [0.29, 0.717) is 30.2 Å². The molecular weight excluding hydrogens is 270 g/mol. The second-order valence-corrected chi connectivity index (χ2v) is 5.80. The molecule has 5 nitrogen and oxygen atoms in total. The van der Waals surface area contributed by atoms with Gasteiger partial charge in [-0.15, -0.1) is 0 Å². The van der Waals surface area contributed by atoms with Crippen LogP contribution in [0.5, 0.6) is 17.2 Å². The first kappa shape index (κ1) is 14.5. The fourth-order valence-corrected chi connectivity index (χ4v) is 3.02. The SMILES string of the molecule is COc1cc(CNC2CCOC2C2CC2)cc(OC)c1O. The predicted molar refractivity (Wildman–Crippen MR) is 78.9 cm³/mol. The van der Waals surface area contributed by atoms with E-state index in [1.54, 1.807) is 14.2 Å². The van der Waals surface area contributed by atoms with Crippen molar-refractivity contribution in [2.24, 2.45) is 5.92 Å². The Kier molecular flexibility index (Phi) is 4.22. The van der Waals surface area contributed by atoms with Crippen LogP contribution >= 0.6 is 0 Å². The van der Waals surface area contributed by atoms with E-state index < -0.39 is 0 Å². The topological polar surface area (TPSA) is 60.0 Å². The lowest BCUT2D eigenvalue weighted by Gasteiger charge is -2.20. The second kappa shape index (κ2) is 6.12. The largest absolute Gasteiger partial charge is 0.502 e. The molecule has 1 aromatic carbocycles. The summed E-state index contributed by atoms with van der Waals surface area (Å²) in [6, 6.07) is 4.10. The number of rotatable bonds is 6. The fraction of sp³-hybridized carbons (Fsp3) is 0.625. The monoisotopic (exact) mass is 293 g/mol. The smallest absolute Gasteiger partial charge is 0.200 e. The number of hydrogen-bond acceptors (Lipinski definition) is 5. The van der Waals surface area contributed by atoms with E-state index in [9.17, 15) is 5.11 Å². The molecule has 1 saturated heterocycles. The van der Waals surface area contributed by atoms with Crippen LogP contribution in [-0.4, -0.2) is 38.1 Å². The highest BCUT2D eigenvalue weighted by Gasteiger charge is 2.40. The van der Waals surface area contributed by atoms with Gasteiger partial charge in [0.25, 0.3) is 0 Å². The molecule has 2 unspecified atom stereocenters. The molecule has 5 heteroatoms. The van der Waals surface area contributed by atoms with E-state index in [0.717, 1.165) is 24.5 Å². The van der Waals surface area contributed by atoms with Crippen LogP contribution in [0.15, 0.2) is 12.1 Å². The van der Waals surface area contributed by atoms with Crippen LogP contribution in [-0.2, 0) is 11.3 Å². The summed E-state index contributed by atoms with van der Waals surface area (Å²) in [6.07, 6.45) is 4.02. The van der Waals surface area contributed by atoms with E-state index in [1.807, 2.05) is 12.1 Å². The maximum Gasteiger partial charge on any atom is 0.200 e. The van der Waals surface area contributed by atoms with Crippen LogP contribution in [0, 0.1) is 5.92 Å². The van der Waals surface area contributed by atoms with Gasteiger partial charge in [-0.05, 0) is 42.9 Å². The van der Waals surface area contributed by atoms with Crippen molar-refractivity contribution in [1.29, 1.82) is 0 Å². The van der Waals surface area contributed by atoms with E-state index in [1.165, 1.54) is 12.8 Å². The molecule has 0 radical (unpaired) electrons. The lowest BCUT2D eigenvalue weighted by Crippen LogP contribution is -2.37. The van der Waals surface area contributed by atoms with Gasteiger partial charge in [0.2, 0.25) is 5.75 Å². The number of phenolic OH excluding ortho intramolecular Hbond substituents is 1. The van der Waals surface area contributed by atoms with Gasteiger partial charge in [0.15, 0.2) is 11.5 Å². The Morgan fingerprint density at radius 3 is 2.43 bits per heavy atom. The minimum Gasteiger partial charge on any atom is -0.502 e. The Bertz CT molecular complexity index is 476. The van der Waals surface area contributed by atoms with Crippen molar-refractivity contribution in [2.75, 3.05) is 20.8 Å². The summed E-state index contributed by atoms with van der Waals surface area (Å²) in [4.78, 5) is 0. The number of nitrogens with one attached hydrogen (secondary N) is 1. The van der Waals surface area contributed by atoms with Crippen molar-refractivity contribution in [3.8, 4) is 17.2 Å². The van der Waals surface area contributed by atoms with Gasteiger partial charge in [-0.25, -0.2) is 0 Å². The van der Waals surface area contributed by atoms with Crippen molar-refractivity contribution in [2.45, 2.75) is 38.0 Å². The Hall–Kier alpha value is -1.46. The van der Waals surface area contributed by atoms with Crippen LogP contribution in [0.25, 0.3) is 0 Å². The van der Waals surface area contributed by atoms with Gasteiger partial charge in [0, 0.05) is 19.2 Å². The summed E-state index contributed by atoms with van der Waals surface area (Å²) in [6.45, 7) is 1.56. The molecule has 21 heavy (non-hydrogen) atoms. The van der Waals surface area contributed by atoms with Crippen LogP contribution in [0.2, 0.25) is 0 Å². The Balaban J connectivity index is 1.67. The minimum absolute atomic E-state index is 0.0452. The Morgan fingerprint density at radius 2 is 1.86 bits per heavy atom. The summed E-state index contributed by atoms with van der Waals surface area (Å²) in [5, 5.41) is 13.5. The van der Waals surface area contributed by atoms with Gasteiger partial charge in [0.05, 0.1) is 20.3 Å². The summed E-state index contributed by atoms with van der Waals surface area (Å²) in [5.74, 6) is 1.66. The average molecular weight is 293 g/mol. The summed E-state index contributed by atoms with van der Waals surface area (Å²) in [5.41, 5.74) is 1.03. The lowest BCUT2D eigenvalue weighted by atomic mass is 10.1. The molecule has 0 spiro atoms. The normalized spacial score (nSPS) is 25.0. The molecule has 1 aromatic rings. The zero-order valence-corrected chi connectivity index (χ0v) is 12.6. The molecule has 2 atom stereocenters. The van der Waals surface area contributed by atoms with Gasteiger partial charge in [0.1, 0.15) is 0 Å². The molecule has 2 aliphatic rings. The summed E-state index contributed by atoms with van der Waals surface area (Å²) in [7, 11) is 3.08. The Labute approximate surface area is 125 Å². The van der Waals surface area contributed by atoms with Gasteiger partial charge in [-0.2, -0.15) is 0 Å². The zero-order valence-electron chi connectivity index (χ0n) is 12.6. The van der Waals surface area contributed by atoms with Crippen LogP contribution in [0.4, 0.5) is 0 Å². The first-order chi connectivity index (χ1) is 10.2. The van der Waals surface area contributed by atoms with Crippen LogP contribution in [0.1, 0.15) is 24.8 Å². The van der Waals surface area contributed by atoms with Gasteiger partial charge >= 0.3 is 0 Å². The fourth-order valence-electron chi connectivity index (χ4n) is 3.02. The predicted octanol–water partition coefficient (Wildman–Crippen LogP) is 2.07. The maximum atomic E-state index is 9.93. The highest BCUT2D eigenvalue weighted by atomic mass is 16.5. The molecule has 1 saturated carbocycles. The third-order valence-electron chi connectivity index (χ3n) is 4.33. The van der Waals surface area contributed by atoms with Crippen molar-refractivity contribution in [1.82, 2.24) is 5.32 Å². The average Bonchev–Trinajstić information content (AvgIpc) is 3.24. The molecule has 116 valence electrons. The quantitative estimate of drug-likeness (QED) is 0.841. The Morgan fingerprint density at radius 1 is 1.19 bits per heavy atom. The molecular formula is C16H23NO4. The molecule has 3 rings (SSSR count). The second-order valence-electron chi connectivity index (χ2n) is 5.80. The standard InChI is InChI=1S/C16H23NO4/c1-19-13-7-10(8-14(20-2)15(13)18)9-17-12-5-6-21-16(12)11-3-4-11/h7-8,11-12,16-18H,3-6,9H2,1-2H3. The first-order valence-electron chi connectivity index (χ1n) is 7.51. The van der Waals surface area contributed by atoms with E-state index in [2.05, 4.69) is 5.32 Å². The zero-order chi connectivity index (χ0) is 14.8. The van der Waals surface area contributed by atoms with Crippen LogP contribution in [0.3, 0.4) is 0 Å². The highest BCUT2D eigenvalue weighted by molar-refractivity contribution is 5.52. The van der Waals surface area contributed by atoms with Crippen LogP contribution < -0.4 is 14.8 Å². The molecule has 2 fully saturated rings. The van der Waals surface area contributed by atoms with Crippen molar-refractivity contribution < 1.29 is 19.3 Å². The molecule has 0 bridgehead atoms. The number of phenols is 1. The number of aromatic hydroxyl groups is 1. The minimum atomic E-state index is 0.0452. The van der Waals surface area contributed by atoms with Gasteiger partial charge in [-0.3, -0.25) is 0 Å². The van der Waals surface area contributed by atoms with E-state index in [4.69, 9.17) is 14.2 Å². The number of hydrogen-bond donors (Lipinski definition) is 2. The summed E-state index contributed by atoms with van der Waals surface area (Å²) >= 11 is 0. The van der Waals surface area contributed by atoms with Gasteiger partial charge < -0.3 is 24.6 Å². The van der Waals surface area contributed by atoms with Crippen molar-refractivity contribution >= 4 is 0 Å². The van der Waals surface area contributed by atoms with Crippen molar-refractivity contribution in [3.63, 3.8) is 0 Å². The van der Waals surface area contributed by atoms with Crippen molar-refractivity contribution in [3.05, 3.63) is 17.7 Å². The highest BCUT2D eigenvalue weighted by Crippen LogP contribution is 2.39. The number of benzene rings is 1. The third kappa shape index (κ3) is 3.09. The van der Waals surface area contributed by atoms with E-state index in [-0.39, 0.29) is 5.75 Å². The van der Waals surface area contributed by atoms with Gasteiger partial charge in [-0.1, -0.05) is 0 Å². The lowest BCUT2D eigenvalue weighted by molar-refractivity contribution is 0.0809. The molecule has 1 heterocycles. The summed E-state index contributed by atoms with van der Waals surface area (Å²) < 4.78 is 16.2. The molecule has 0 amide bonds. The third-order valence-corrected chi connectivity index (χ3v) is 4.33. The molecule has 0 aromatic heterocycles. The molecule has 2 N–H and O–H groups in total. The maximum absolute atomic E-state index is 9.93. The first-order valence-corrected chi connectivity index (χ1v) is 7.51.